The summed E-state index contributed by atoms with van der Waals surface area (Å²) in [5, 5.41) is 2.95. The number of amides is 1. The van der Waals surface area contributed by atoms with E-state index in [0.717, 1.165) is 42.2 Å². The Kier molecular flexibility index (Phi) is 7.26. The first-order valence-electron chi connectivity index (χ1n) is 8.75. The van der Waals surface area contributed by atoms with E-state index in [4.69, 9.17) is 4.74 Å². The third-order valence-electron chi connectivity index (χ3n) is 4.19. The van der Waals surface area contributed by atoms with Crippen molar-refractivity contribution < 1.29 is 9.53 Å². The van der Waals surface area contributed by atoms with E-state index < -0.39 is 0 Å². The fourth-order valence-corrected chi connectivity index (χ4v) is 2.60. The maximum Gasteiger partial charge on any atom is 0.220 e. The van der Waals surface area contributed by atoms with Gasteiger partial charge in [-0.3, -0.25) is 4.79 Å². The standard InChI is InChI=1S/C20H27N3O2/c1-4-23(5-2)19-12-8-17(14-21-19)15-22-20(24)13-9-16-6-10-18(25-3)11-7-16/h6-8,10-12,14H,4-5,9,13,15H2,1-3H3,(H,22,24). The molecular weight excluding hydrogens is 314 g/mol. The van der Waals surface area contributed by atoms with E-state index in [1.54, 1.807) is 7.11 Å². The Labute approximate surface area is 150 Å². The van der Waals surface area contributed by atoms with Gasteiger partial charge in [-0.1, -0.05) is 18.2 Å². The normalized spacial score (nSPS) is 10.4. The van der Waals surface area contributed by atoms with Crippen LogP contribution in [0.3, 0.4) is 0 Å². The summed E-state index contributed by atoms with van der Waals surface area (Å²) in [4.78, 5) is 18.7. The van der Waals surface area contributed by atoms with E-state index in [9.17, 15) is 4.79 Å². The van der Waals surface area contributed by atoms with E-state index in [1.807, 2.05) is 42.6 Å². The Morgan fingerprint density at radius 3 is 2.32 bits per heavy atom. The topological polar surface area (TPSA) is 54.5 Å². The smallest absolute Gasteiger partial charge is 0.220 e. The second-order valence-electron chi connectivity index (χ2n) is 5.82. The molecule has 1 aromatic heterocycles. The molecule has 1 amide bonds. The van der Waals surface area contributed by atoms with Gasteiger partial charge in [0.2, 0.25) is 5.91 Å². The third kappa shape index (κ3) is 5.78. The molecule has 0 fully saturated rings. The second-order valence-corrected chi connectivity index (χ2v) is 5.82. The Balaban J connectivity index is 1.77. The van der Waals surface area contributed by atoms with Gasteiger partial charge in [0.05, 0.1) is 7.11 Å². The molecule has 2 rings (SSSR count). The molecular formula is C20H27N3O2. The molecule has 5 heteroatoms. The Bertz CT molecular complexity index is 650. The highest BCUT2D eigenvalue weighted by Gasteiger charge is 2.05. The molecule has 0 radical (unpaired) electrons. The summed E-state index contributed by atoms with van der Waals surface area (Å²) < 4.78 is 5.13. The van der Waals surface area contributed by atoms with Gasteiger partial charge in [0, 0.05) is 32.3 Å². The first kappa shape index (κ1) is 18.8. The molecule has 0 aliphatic carbocycles. The lowest BCUT2D eigenvalue weighted by atomic mass is 10.1. The van der Waals surface area contributed by atoms with Gasteiger partial charge in [-0.2, -0.15) is 0 Å². The number of ether oxygens (including phenoxy) is 1. The highest BCUT2D eigenvalue weighted by atomic mass is 16.5. The summed E-state index contributed by atoms with van der Waals surface area (Å²) in [7, 11) is 1.64. The van der Waals surface area contributed by atoms with Crippen LogP contribution in [0.15, 0.2) is 42.6 Å². The van der Waals surface area contributed by atoms with Crippen LogP contribution in [0.1, 0.15) is 31.4 Å². The van der Waals surface area contributed by atoms with Crippen molar-refractivity contribution in [3.63, 3.8) is 0 Å². The maximum absolute atomic E-state index is 12.0. The lowest BCUT2D eigenvalue weighted by Crippen LogP contribution is -2.24. The molecule has 1 aromatic carbocycles. The molecule has 0 unspecified atom stereocenters. The van der Waals surface area contributed by atoms with Crippen LogP contribution in [-0.4, -0.2) is 31.1 Å². The van der Waals surface area contributed by atoms with E-state index in [1.165, 1.54) is 0 Å². The number of carbonyl (C=O) groups is 1. The summed E-state index contributed by atoms with van der Waals surface area (Å²) >= 11 is 0. The highest BCUT2D eigenvalue weighted by molar-refractivity contribution is 5.76. The lowest BCUT2D eigenvalue weighted by molar-refractivity contribution is -0.121. The van der Waals surface area contributed by atoms with Crippen LogP contribution < -0.4 is 15.0 Å². The van der Waals surface area contributed by atoms with Crippen LogP contribution in [0.4, 0.5) is 5.82 Å². The fraction of sp³-hybridized carbons (Fsp3) is 0.400. The minimum atomic E-state index is 0.0450. The zero-order valence-corrected chi connectivity index (χ0v) is 15.3. The summed E-state index contributed by atoms with van der Waals surface area (Å²) in [5.74, 6) is 1.84. The number of anilines is 1. The van der Waals surface area contributed by atoms with Crippen LogP contribution in [0.2, 0.25) is 0 Å². The number of rotatable bonds is 9. The molecule has 0 saturated carbocycles. The molecule has 5 nitrogen and oxygen atoms in total. The Morgan fingerprint density at radius 1 is 1.08 bits per heavy atom. The van der Waals surface area contributed by atoms with Gasteiger partial charge >= 0.3 is 0 Å². The molecule has 0 aliphatic heterocycles. The quantitative estimate of drug-likeness (QED) is 0.761. The van der Waals surface area contributed by atoms with Gasteiger partial charge in [0.1, 0.15) is 11.6 Å². The van der Waals surface area contributed by atoms with Crippen LogP contribution >= 0.6 is 0 Å². The number of carbonyl (C=O) groups excluding carboxylic acids is 1. The SMILES string of the molecule is CCN(CC)c1ccc(CNC(=O)CCc2ccc(OC)cc2)cn1. The largest absolute Gasteiger partial charge is 0.497 e. The molecule has 2 aromatic rings. The van der Waals surface area contributed by atoms with Crippen molar-refractivity contribution >= 4 is 11.7 Å². The Hall–Kier alpha value is -2.56. The van der Waals surface area contributed by atoms with Gasteiger partial charge in [0.15, 0.2) is 0 Å². The summed E-state index contributed by atoms with van der Waals surface area (Å²) in [6.07, 6.45) is 3.02. The van der Waals surface area contributed by atoms with E-state index in [2.05, 4.69) is 29.0 Å². The molecule has 0 bridgehead atoms. The number of benzene rings is 1. The molecule has 0 atom stereocenters. The third-order valence-corrected chi connectivity index (χ3v) is 4.19. The minimum absolute atomic E-state index is 0.0450. The van der Waals surface area contributed by atoms with E-state index in [-0.39, 0.29) is 5.91 Å². The van der Waals surface area contributed by atoms with Crippen molar-refractivity contribution in [2.75, 3.05) is 25.1 Å². The highest BCUT2D eigenvalue weighted by Crippen LogP contribution is 2.13. The van der Waals surface area contributed by atoms with Gasteiger partial charge < -0.3 is 15.0 Å². The van der Waals surface area contributed by atoms with E-state index in [0.29, 0.717) is 13.0 Å². The average molecular weight is 341 g/mol. The van der Waals surface area contributed by atoms with Gasteiger partial charge in [-0.15, -0.1) is 0 Å². The van der Waals surface area contributed by atoms with Crippen LogP contribution in [-0.2, 0) is 17.8 Å². The van der Waals surface area contributed by atoms with Crippen molar-refractivity contribution in [2.24, 2.45) is 0 Å². The average Bonchev–Trinajstić information content (AvgIpc) is 2.67. The van der Waals surface area contributed by atoms with Crippen LogP contribution in [0, 0.1) is 0 Å². The molecule has 1 heterocycles. The molecule has 0 saturated heterocycles. The van der Waals surface area contributed by atoms with Gasteiger partial charge in [-0.05, 0) is 49.6 Å². The summed E-state index contributed by atoms with van der Waals surface area (Å²) in [6, 6.07) is 11.8. The van der Waals surface area contributed by atoms with Crippen molar-refractivity contribution in [1.29, 1.82) is 0 Å². The predicted octanol–water partition coefficient (Wildman–Crippen LogP) is 3.19. The zero-order chi connectivity index (χ0) is 18.1. The minimum Gasteiger partial charge on any atom is -0.497 e. The van der Waals surface area contributed by atoms with Gasteiger partial charge in [0.25, 0.3) is 0 Å². The molecule has 1 N–H and O–H groups in total. The predicted molar refractivity (Wildman–Crippen MR) is 101 cm³/mol. The number of nitrogens with one attached hydrogen (secondary N) is 1. The second kappa shape index (κ2) is 9.67. The van der Waals surface area contributed by atoms with E-state index >= 15 is 0 Å². The number of aryl methyl sites for hydroxylation is 1. The number of methoxy groups -OCH3 is 1. The summed E-state index contributed by atoms with van der Waals surface area (Å²) in [5.41, 5.74) is 2.13. The number of pyridine rings is 1. The molecule has 134 valence electrons. The van der Waals surface area contributed by atoms with Crippen molar-refractivity contribution in [3.8, 4) is 5.75 Å². The molecule has 0 spiro atoms. The number of hydrogen-bond acceptors (Lipinski definition) is 4. The van der Waals surface area contributed by atoms with Gasteiger partial charge in [-0.25, -0.2) is 4.98 Å². The maximum atomic E-state index is 12.0. The van der Waals surface area contributed by atoms with Crippen molar-refractivity contribution in [2.45, 2.75) is 33.2 Å². The monoisotopic (exact) mass is 341 g/mol. The molecule has 0 aliphatic rings. The zero-order valence-electron chi connectivity index (χ0n) is 15.3. The Morgan fingerprint density at radius 2 is 1.76 bits per heavy atom. The van der Waals surface area contributed by atoms with Crippen LogP contribution in [0.25, 0.3) is 0 Å². The molecule has 25 heavy (non-hydrogen) atoms. The van der Waals surface area contributed by atoms with Crippen molar-refractivity contribution in [3.05, 3.63) is 53.7 Å². The lowest BCUT2D eigenvalue weighted by Gasteiger charge is -2.19. The van der Waals surface area contributed by atoms with Crippen LogP contribution in [0.5, 0.6) is 5.75 Å². The first-order valence-corrected chi connectivity index (χ1v) is 8.75. The fourth-order valence-electron chi connectivity index (χ4n) is 2.60. The summed E-state index contributed by atoms with van der Waals surface area (Å²) in [6.45, 7) is 6.60. The number of hydrogen-bond donors (Lipinski definition) is 1. The number of nitrogens with zero attached hydrogens (tertiary/aromatic N) is 2. The van der Waals surface area contributed by atoms with Crippen molar-refractivity contribution in [1.82, 2.24) is 10.3 Å². The number of aromatic nitrogens is 1. The first-order chi connectivity index (χ1) is 12.2.